The molecule has 0 aliphatic carbocycles. The van der Waals surface area contributed by atoms with Crippen LogP contribution in [0.1, 0.15) is 47.0 Å². The second-order valence-corrected chi connectivity index (χ2v) is 6.16. The average Bonchev–Trinajstić information content (AvgIpc) is 2.49. The molecule has 0 saturated carbocycles. The summed E-state index contributed by atoms with van der Waals surface area (Å²) in [5.74, 6) is 0. The van der Waals surface area contributed by atoms with Crippen LogP contribution in [0.25, 0.3) is 0 Å². The van der Waals surface area contributed by atoms with Gasteiger partial charge in [-0.15, -0.1) is 0 Å². The lowest BCUT2D eigenvalue weighted by molar-refractivity contribution is 0.130. The van der Waals surface area contributed by atoms with Crippen molar-refractivity contribution in [2.24, 2.45) is 0 Å². The lowest BCUT2D eigenvalue weighted by atomic mass is 10.1. The van der Waals surface area contributed by atoms with Crippen LogP contribution in [0.15, 0.2) is 0 Å². The van der Waals surface area contributed by atoms with Gasteiger partial charge in [-0.25, -0.2) is 0 Å². The molecule has 2 unspecified atom stereocenters. The maximum absolute atomic E-state index is 3.54. The summed E-state index contributed by atoms with van der Waals surface area (Å²) in [5, 5.41) is 3.54. The zero-order valence-corrected chi connectivity index (χ0v) is 13.1. The van der Waals surface area contributed by atoms with E-state index in [1.54, 1.807) is 0 Å². The van der Waals surface area contributed by atoms with Crippen LogP contribution in [-0.4, -0.2) is 61.2 Å². The molecule has 1 saturated heterocycles. The highest BCUT2D eigenvalue weighted by Crippen LogP contribution is 2.16. The van der Waals surface area contributed by atoms with Gasteiger partial charge in [0.05, 0.1) is 0 Å². The summed E-state index contributed by atoms with van der Waals surface area (Å²) in [6.07, 6.45) is 3.85. The van der Waals surface area contributed by atoms with E-state index in [1.165, 1.54) is 38.9 Å². The molecule has 1 rings (SSSR count). The Kier molecular flexibility index (Phi) is 7.20. The molecule has 0 spiro atoms. The van der Waals surface area contributed by atoms with E-state index in [0.717, 1.165) is 12.6 Å². The van der Waals surface area contributed by atoms with Crippen LogP contribution in [0.4, 0.5) is 0 Å². The molecule has 0 bridgehead atoms. The Labute approximate surface area is 114 Å². The van der Waals surface area contributed by atoms with Gasteiger partial charge in [-0.2, -0.15) is 0 Å². The third-order valence-corrected chi connectivity index (χ3v) is 4.10. The van der Waals surface area contributed by atoms with Crippen molar-refractivity contribution in [1.29, 1.82) is 0 Å². The second-order valence-electron chi connectivity index (χ2n) is 6.16. The largest absolute Gasteiger partial charge is 0.314 e. The third-order valence-electron chi connectivity index (χ3n) is 4.10. The lowest BCUT2D eigenvalue weighted by Crippen LogP contribution is -2.45. The van der Waals surface area contributed by atoms with E-state index < -0.39 is 0 Å². The van der Waals surface area contributed by atoms with Crippen LogP contribution in [0.5, 0.6) is 0 Å². The number of rotatable bonds is 6. The van der Waals surface area contributed by atoms with Crippen molar-refractivity contribution >= 4 is 0 Å². The fourth-order valence-corrected chi connectivity index (χ4v) is 2.95. The van der Waals surface area contributed by atoms with Crippen LogP contribution in [0.3, 0.4) is 0 Å². The Bertz CT molecular complexity index is 218. The van der Waals surface area contributed by atoms with Gasteiger partial charge in [-0.05, 0) is 52.9 Å². The summed E-state index contributed by atoms with van der Waals surface area (Å²) < 4.78 is 0. The molecule has 18 heavy (non-hydrogen) atoms. The molecule has 3 nitrogen and oxygen atoms in total. The fraction of sp³-hybridized carbons (Fsp3) is 1.00. The highest BCUT2D eigenvalue weighted by molar-refractivity contribution is 4.82. The van der Waals surface area contributed by atoms with E-state index in [-0.39, 0.29) is 0 Å². The predicted octanol–water partition coefficient (Wildman–Crippen LogP) is 2.18. The lowest BCUT2D eigenvalue weighted by Gasteiger charge is -2.35. The van der Waals surface area contributed by atoms with Gasteiger partial charge in [0.1, 0.15) is 0 Å². The van der Waals surface area contributed by atoms with Gasteiger partial charge in [-0.1, -0.05) is 20.8 Å². The summed E-state index contributed by atoms with van der Waals surface area (Å²) in [6.45, 7) is 14.1. The summed E-state index contributed by atoms with van der Waals surface area (Å²) in [5.41, 5.74) is 0. The Morgan fingerprint density at radius 2 is 1.94 bits per heavy atom. The van der Waals surface area contributed by atoms with E-state index in [1.807, 2.05) is 0 Å². The van der Waals surface area contributed by atoms with Crippen LogP contribution in [0, 0.1) is 0 Å². The van der Waals surface area contributed by atoms with Crippen molar-refractivity contribution in [3.63, 3.8) is 0 Å². The van der Waals surface area contributed by atoms with Crippen LogP contribution < -0.4 is 5.32 Å². The normalized spacial score (nSPS) is 25.3. The number of hydrogen-bond donors (Lipinski definition) is 1. The van der Waals surface area contributed by atoms with E-state index >= 15 is 0 Å². The van der Waals surface area contributed by atoms with E-state index in [4.69, 9.17) is 0 Å². The van der Waals surface area contributed by atoms with E-state index in [9.17, 15) is 0 Å². The molecule has 1 aliphatic heterocycles. The first kappa shape index (κ1) is 15.9. The van der Waals surface area contributed by atoms with Gasteiger partial charge in [-0.3, -0.25) is 4.90 Å². The standard InChI is InChI=1S/C15H33N3/c1-6-15-12-17(5)10-7-11-18(15)14(4)8-9-16-13(2)3/h13-16H,6-12H2,1-5H3. The SMILES string of the molecule is CCC1CN(C)CCCN1C(C)CCNC(C)C. The van der Waals surface area contributed by atoms with Crippen LogP contribution in [-0.2, 0) is 0 Å². The first-order valence-electron chi connectivity index (χ1n) is 7.72. The minimum absolute atomic E-state index is 0.606. The Morgan fingerprint density at radius 3 is 2.56 bits per heavy atom. The van der Waals surface area contributed by atoms with Gasteiger partial charge < -0.3 is 10.2 Å². The first-order valence-corrected chi connectivity index (χ1v) is 7.72. The summed E-state index contributed by atoms with van der Waals surface area (Å²) in [4.78, 5) is 5.23. The molecule has 3 heteroatoms. The van der Waals surface area contributed by atoms with Crippen molar-refractivity contribution in [2.75, 3.05) is 33.2 Å². The summed E-state index contributed by atoms with van der Waals surface area (Å²) in [6, 6.07) is 2.05. The molecule has 1 N–H and O–H groups in total. The minimum atomic E-state index is 0.606. The molecule has 108 valence electrons. The van der Waals surface area contributed by atoms with Crippen molar-refractivity contribution in [2.45, 2.75) is 65.1 Å². The quantitative estimate of drug-likeness (QED) is 0.785. The summed E-state index contributed by atoms with van der Waals surface area (Å²) in [7, 11) is 2.26. The fourth-order valence-electron chi connectivity index (χ4n) is 2.95. The maximum atomic E-state index is 3.54. The summed E-state index contributed by atoms with van der Waals surface area (Å²) >= 11 is 0. The van der Waals surface area contributed by atoms with Gasteiger partial charge in [0.2, 0.25) is 0 Å². The molecular formula is C15H33N3. The van der Waals surface area contributed by atoms with E-state index in [0.29, 0.717) is 12.1 Å². The first-order chi connectivity index (χ1) is 8.54. The molecule has 0 aromatic rings. The highest BCUT2D eigenvalue weighted by Gasteiger charge is 2.25. The number of nitrogens with zero attached hydrogens (tertiary/aromatic N) is 2. The molecule has 2 atom stereocenters. The van der Waals surface area contributed by atoms with Crippen molar-refractivity contribution < 1.29 is 0 Å². The minimum Gasteiger partial charge on any atom is -0.314 e. The van der Waals surface area contributed by atoms with Crippen molar-refractivity contribution in [1.82, 2.24) is 15.1 Å². The molecule has 1 heterocycles. The van der Waals surface area contributed by atoms with Crippen molar-refractivity contribution in [3.05, 3.63) is 0 Å². The number of hydrogen-bond acceptors (Lipinski definition) is 3. The second kappa shape index (κ2) is 8.13. The van der Waals surface area contributed by atoms with Gasteiger partial charge >= 0.3 is 0 Å². The van der Waals surface area contributed by atoms with Crippen LogP contribution >= 0.6 is 0 Å². The monoisotopic (exact) mass is 255 g/mol. The number of likely N-dealkylation sites (N-methyl/N-ethyl adjacent to an activating group) is 1. The van der Waals surface area contributed by atoms with Crippen LogP contribution in [0.2, 0.25) is 0 Å². The van der Waals surface area contributed by atoms with Gasteiger partial charge in [0.25, 0.3) is 0 Å². The molecule has 1 fully saturated rings. The van der Waals surface area contributed by atoms with E-state index in [2.05, 4.69) is 49.9 Å². The van der Waals surface area contributed by atoms with Gasteiger partial charge in [0.15, 0.2) is 0 Å². The molecule has 0 aromatic carbocycles. The molecule has 0 radical (unpaired) electrons. The zero-order valence-electron chi connectivity index (χ0n) is 13.1. The Morgan fingerprint density at radius 1 is 1.22 bits per heavy atom. The molecule has 0 aromatic heterocycles. The molecule has 0 amide bonds. The topological polar surface area (TPSA) is 18.5 Å². The van der Waals surface area contributed by atoms with Crippen molar-refractivity contribution in [3.8, 4) is 0 Å². The Balaban J connectivity index is 2.44. The number of nitrogens with one attached hydrogen (secondary N) is 1. The zero-order chi connectivity index (χ0) is 13.5. The molecular weight excluding hydrogens is 222 g/mol. The Hall–Kier alpha value is -0.120. The average molecular weight is 255 g/mol. The third kappa shape index (κ3) is 5.25. The highest BCUT2D eigenvalue weighted by atomic mass is 15.2. The maximum Gasteiger partial charge on any atom is 0.0223 e. The smallest absolute Gasteiger partial charge is 0.0223 e. The van der Waals surface area contributed by atoms with Gasteiger partial charge in [0, 0.05) is 24.7 Å². The predicted molar refractivity (Wildman–Crippen MR) is 80.1 cm³/mol. The molecule has 1 aliphatic rings.